The van der Waals surface area contributed by atoms with Crippen molar-refractivity contribution < 1.29 is 15.1 Å². The molecule has 6 nitrogen and oxygen atoms in total. The monoisotopic (exact) mass is 297 g/mol. The number of pyridine rings is 1. The van der Waals surface area contributed by atoms with Crippen molar-refractivity contribution in [1.29, 1.82) is 0 Å². The number of phenols is 1. The number of hydrogen-bond donors (Lipinski definition) is 2. The van der Waals surface area contributed by atoms with Crippen molar-refractivity contribution in [1.82, 2.24) is 14.7 Å². The van der Waals surface area contributed by atoms with Crippen LogP contribution in [0, 0.1) is 6.92 Å². The molecule has 3 aromatic rings. The van der Waals surface area contributed by atoms with E-state index in [1.807, 2.05) is 13.0 Å². The molecule has 0 spiro atoms. The Morgan fingerprint density at radius 1 is 1.18 bits per heavy atom. The Hall–Kier alpha value is -3.02. The van der Waals surface area contributed by atoms with Crippen LogP contribution in [0.1, 0.15) is 5.69 Å². The second kappa shape index (κ2) is 5.40. The van der Waals surface area contributed by atoms with Crippen LogP contribution in [-0.4, -0.2) is 32.1 Å². The van der Waals surface area contributed by atoms with Crippen LogP contribution in [-0.2, 0) is 0 Å². The maximum absolute atomic E-state index is 10.4. The average molecular weight is 297 g/mol. The first-order chi connectivity index (χ1) is 10.6. The van der Waals surface area contributed by atoms with Gasteiger partial charge < -0.3 is 15.1 Å². The maximum Gasteiger partial charge on any atom is 0.176 e. The van der Waals surface area contributed by atoms with Crippen LogP contribution in [0.3, 0.4) is 0 Å². The lowest BCUT2D eigenvalue weighted by molar-refractivity contribution is 0.195. The zero-order valence-electron chi connectivity index (χ0n) is 12.2. The lowest BCUT2D eigenvalue weighted by Crippen LogP contribution is -1.97. The van der Waals surface area contributed by atoms with Crippen molar-refractivity contribution in [2.75, 3.05) is 7.11 Å². The van der Waals surface area contributed by atoms with Crippen LogP contribution < -0.4 is 4.74 Å². The van der Waals surface area contributed by atoms with E-state index in [4.69, 9.17) is 4.74 Å². The molecule has 1 aromatic carbocycles. The first-order valence-corrected chi connectivity index (χ1v) is 6.68. The predicted molar refractivity (Wildman–Crippen MR) is 81.0 cm³/mol. The summed E-state index contributed by atoms with van der Waals surface area (Å²) in [7, 11) is 1.48. The number of aromatic nitrogens is 3. The molecule has 0 atom stereocenters. The lowest BCUT2D eigenvalue weighted by Gasteiger charge is -2.07. The van der Waals surface area contributed by atoms with Crippen LogP contribution in [0.2, 0.25) is 0 Å². The van der Waals surface area contributed by atoms with E-state index in [1.165, 1.54) is 13.2 Å². The molecule has 2 heterocycles. The number of benzene rings is 1. The highest BCUT2D eigenvalue weighted by Crippen LogP contribution is 2.33. The van der Waals surface area contributed by atoms with Gasteiger partial charge in [0, 0.05) is 23.5 Å². The molecule has 0 aliphatic rings. The van der Waals surface area contributed by atoms with Gasteiger partial charge in [-0.3, -0.25) is 4.98 Å². The Bertz CT molecular complexity index is 813. The molecule has 0 radical (unpaired) electrons. The number of aryl methyl sites for hydroxylation is 1. The third-order valence-corrected chi connectivity index (χ3v) is 3.40. The van der Waals surface area contributed by atoms with Crippen molar-refractivity contribution in [3.63, 3.8) is 0 Å². The number of phenolic OH excluding ortho intramolecular Hbond substituents is 1. The van der Waals surface area contributed by atoms with Crippen LogP contribution in [0.25, 0.3) is 22.6 Å². The molecular formula is C16H15N3O3. The highest BCUT2D eigenvalue weighted by atomic mass is 16.5. The Morgan fingerprint density at radius 2 is 2.00 bits per heavy atom. The normalized spacial score (nSPS) is 10.6. The standard InChI is InChI=1S/C16H15N3O3/c1-10-15(12-4-3-7-17-9-12)19(21)16(18-10)11-5-6-14(22-2)13(20)8-11/h3-9,20-21H,1-2H3. The molecule has 3 rings (SSSR count). The number of aromatic hydroxyl groups is 1. The van der Waals surface area contributed by atoms with Crippen molar-refractivity contribution in [2.45, 2.75) is 6.92 Å². The molecular weight excluding hydrogens is 282 g/mol. The first kappa shape index (κ1) is 13.9. The highest BCUT2D eigenvalue weighted by molar-refractivity contribution is 5.69. The summed E-state index contributed by atoms with van der Waals surface area (Å²) < 4.78 is 6.02. The van der Waals surface area contributed by atoms with Gasteiger partial charge in [0.2, 0.25) is 0 Å². The smallest absolute Gasteiger partial charge is 0.176 e. The summed E-state index contributed by atoms with van der Waals surface area (Å²) in [6, 6.07) is 8.48. The third kappa shape index (κ3) is 2.24. The summed E-state index contributed by atoms with van der Waals surface area (Å²) in [6.45, 7) is 1.81. The second-order valence-electron chi connectivity index (χ2n) is 4.81. The number of methoxy groups -OCH3 is 1. The predicted octanol–water partition coefficient (Wildman–Crippen LogP) is 2.87. The lowest BCUT2D eigenvalue weighted by atomic mass is 10.2. The fourth-order valence-corrected chi connectivity index (χ4v) is 2.37. The molecule has 2 N–H and O–H groups in total. The molecule has 0 saturated carbocycles. The van der Waals surface area contributed by atoms with E-state index in [0.717, 1.165) is 10.3 Å². The van der Waals surface area contributed by atoms with Crippen molar-refractivity contribution in [2.24, 2.45) is 0 Å². The van der Waals surface area contributed by atoms with Gasteiger partial charge in [0.05, 0.1) is 12.8 Å². The van der Waals surface area contributed by atoms with Crippen LogP contribution >= 0.6 is 0 Å². The maximum atomic E-state index is 10.4. The van der Waals surface area contributed by atoms with E-state index in [2.05, 4.69) is 9.97 Å². The fraction of sp³-hybridized carbons (Fsp3) is 0.125. The average Bonchev–Trinajstić information content (AvgIpc) is 2.83. The topological polar surface area (TPSA) is 80.4 Å². The minimum Gasteiger partial charge on any atom is -0.504 e. The molecule has 0 aliphatic heterocycles. The summed E-state index contributed by atoms with van der Waals surface area (Å²) in [5.74, 6) is 0.696. The minimum absolute atomic E-state index is 0.0106. The molecule has 0 amide bonds. The van der Waals surface area contributed by atoms with Crippen molar-refractivity contribution in [3.05, 3.63) is 48.4 Å². The van der Waals surface area contributed by atoms with Gasteiger partial charge in [-0.05, 0) is 37.3 Å². The fourth-order valence-electron chi connectivity index (χ4n) is 2.37. The Labute approximate surface area is 127 Å². The van der Waals surface area contributed by atoms with Gasteiger partial charge in [-0.25, -0.2) is 4.98 Å². The molecule has 6 heteroatoms. The molecule has 0 aliphatic carbocycles. The van der Waals surface area contributed by atoms with Gasteiger partial charge in [-0.15, -0.1) is 0 Å². The zero-order chi connectivity index (χ0) is 15.7. The third-order valence-electron chi connectivity index (χ3n) is 3.40. The van der Waals surface area contributed by atoms with E-state index in [9.17, 15) is 10.3 Å². The van der Waals surface area contributed by atoms with Gasteiger partial charge in [0.25, 0.3) is 0 Å². The van der Waals surface area contributed by atoms with E-state index < -0.39 is 0 Å². The number of ether oxygens (including phenoxy) is 1. The summed E-state index contributed by atoms with van der Waals surface area (Å²) in [5, 5.41) is 20.3. The molecule has 0 fully saturated rings. The SMILES string of the molecule is COc1ccc(-c2nc(C)c(-c3cccnc3)n2O)cc1O. The quantitative estimate of drug-likeness (QED) is 0.727. The largest absolute Gasteiger partial charge is 0.504 e. The Balaban J connectivity index is 2.12. The first-order valence-electron chi connectivity index (χ1n) is 6.68. The summed E-state index contributed by atoms with van der Waals surface area (Å²) >= 11 is 0. The second-order valence-corrected chi connectivity index (χ2v) is 4.81. The molecule has 22 heavy (non-hydrogen) atoms. The molecule has 0 unspecified atom stereocenters. The van der Waals surface area contributed by atoms with Gasteiger partial charge in [0.15, 0.2) is 17.3 Å². The van der Waals surface area contributed by atoms with Crippen LogP contribution in [0.4, 0.5) is 0 Å². The van der Waals surface area contributed by atoms with Gasteiger partial charge in [-0.2, -0.15) is 4.73 Å². The molecule has 0 bridgehead atoms. The minimum atomic E-state index is -0.0106. The summed E-state index contributed by atoms with van der Waals surface area (Å²) in [4.78, 5) is 8.44. The number of rotatable bonds is 3. The van der Waals surface area contributed by atoms with Crippen LogP contribution in [0.15, 0.2) is 42.7 Å². The van der Waals surface area contributed by atoms with E-state index in [-0.39, 0.29) is 5.75 Å². The molecule has 2 aromatic heterocycles. The van der Waals surface area contributed by atoms with Crippen molar-refractivity contribution >= 4 is 0 Å². The molecule has 112 valence electrons. The number of hydrogen-bond acceptors (Lipinski definition) is 5. The number of nitrogens with zero attached hydrogens (tertiary/aromatic N) is 3. The molecule has 0 saturated heterocycles. The van der Waals surface area contributed by atoms with Gasteiger partial charge in [-0.1, -0.05) is 0 Å². The van der Waals surface area contributed by atoms with Crippen molar-refractivity contribution in [3.8, 4) is 34.1 Å². The summed E-state index contributed by atoms with van der Waals surface area (Å²) in [6.07, 6.45) is 3.32. The van der Waals surface area contributed by atoms with E-state index in [1.54, 1.807) is 30.6 Å². The van der Waals surface area contributed by atoms with E-state index >= 15 is 0 Å². The zero-order valence-corrected chi connectivity index (χ0v) is 12.2. The summed E-state index contributed by atoms with van der Waals surface area (Å²) in [5.41, 5.74) is 2.58. The Kier molecular flexibility index (Phi) is 3.42. The van der Waals surface area contributed by atoms with E-state index in [0.29, 0.717) is 28.5 Å². The van der Waals surface area contributed by atoms with Gasteiger partial charge in [0.1, 0.15) is 5.69 Å². The number of imidazole rings is 1. The highest BCUT2D eigenvalue weighted by Gasteiger charge is 2.18. The van der Waals surface area contributed by atoms with Gasteiger partial charge >= 0.3 is 0 Å². The Morgan fingerprint density at radius 3 is 2.64 bits per heavy atom. The van der Waals surface area contributed by atoms with Crippen LogP contribution in [0.5, 0.6) is 11.5 Å².